The van der Waals surface area contributed by atoms with Crippen molar-refractivity contribution in [2.45, 2.75) is 18.8 Å². The van der Waals surface area contributed by atoms with Crippen LogP contribution in [0.15, 0.2) is 48.1 Å². The molecule has 1 unspecified atom stereocenters. The number of benzene rings is 1. The number of hydrogen-bond acceptors (Lipinski definition) is 1. The number of hydrogen-bond donors (Lipinski definition) is 1. The fraction of sp³-hybridized carbons (Fsp3) is 0.214. The van der Waals surface area contributed by atoms with E-state index in [0.29, 0.717) is 5.92 Å². The molecule has 1 atom stereocenters. The molecule has 1 aromatic carbocycles. The Hall–Kier alpha value is -1.54. The van der Waals surface area contributed by atoms with Gasteiger partial charge in [0.2, 0.25) is 0 Å². The van der Waals surface area contributed by atoms with E-state index >= 15 is 0 Å². The van der Waals surface area contributed by atoms with Gasteiger partial charge in [0.1, 0.15) is 0 Å². The number of carboxylic acid groups (broad SMARTS) is 1. The maximum Gasteiger partial charge on any atom is 0.328 e. The van der Waals surface area contributed by atoms with E-state index in [2.05, 4.69) is 0 Å². The van der Waals surface area contributed by atoms with E-state index in [1.54, 1.807) is 0 Å². The normalized spacial score (nSPS) is 21.7. The average Bonchev–Trinajstić information content (AvgIpc) is 2.29. The molecule has 0 bridgehead atoms. The van der Waals surface area contributed by atoms with Gasteiger partial charge in [0, 0.05) is 11.1 Å². The lowest BCUT2D eigenvalue weighted by atomic mass is 9.85. The summed E-state index contributed by atoms with van der Waals surface area (Å²) in [5.74, 6) is -0.538. The molecule has 1 aliphatic carbocycles. The average molecular weight is 249 g/mol. The van der Waals surface area contributed by atoms with Gasteiger partial charge in [0.15, 0.2) is 0 Å². The van der Waals surface area contributed by atoms with Gasteiger partial charge < -0.3 is 5.11 Å². The van der Waals surface area contributed by atoms with Crippen LogP contribution in [0.3, 0.4) is 0 Å². The highest BCUT2D eigenvalue weighted by molar-refractivity contribution is 6.30. The molecule has 88 valence electrons. The molecule has 1 aromatic rings. The minimum Gasteiger partial charge on any atom is -0.478 e. The topological polar surface area (TPSA) is 37.3 Å². The van der Waals surface area contributed by atoms with Crippen LogP contribution in [-0.2, 0) is 4.79 Å². The van der Waals surface area contributed by atoms with E-state index in [4.69, 9.17) is 16.7 Å². The lowest BCUT2D eigenvalue weighted by Gasteiger charge is -2.20. The first-order valence-corrected chi connectivity index (χ1v) is 5.88. The van der Waals surface area contributed by atoms with Crippen molar-refractivity contribution in [3.05, 3.63) is 58.7 Å². The molecule has 0 spiro atoms. The van der Waals surface area contributed by atoms with Gasteiger partial charge in [0.05, 0.1) is 0 Å². The SMILES string of the molecule is O=C(O)C=C1C=CCC(c2ccc(Cl)cc2)C1. The van der Waals surface area contributed by atoms with Crippen molar-refractivity contribution < 1.29 is 9.90 Å². The van der Waals surface area contributed by atoms with Crippen LogP contribution in [0, 0.1) is 0 Å². The van der Waals surface area contributed by atoms with E-state index in [1.807, 2.05) is 36.4 Å². The van der Waals surface area contributed by atoms with Crippen LogP contribution in [0.2, 0.25) is 5.02 Å². The third-order valence-corrected chi connectivity index (χ3v) is 3.14. The van der Waals surface area contributed by atoms with Gasteiger partial charge in [-0.25, -0.2) is 4.79 Å². The fourth-order valence-electron chi connectivity index (χ4n) is 2.07. The van der Waals surface area contributed by atoms with Gasteiger partial charge in [-0.3, -0.25) is 0 Å². The molecular weight excluding hydrogens is 236 g/mol. The zero-order valence-corrected chi connectivity index (χ0v) is 10.0. The molecule has 1 N–H and O–H groups in total. The molecule has 0 aliphatic heterocycles. The second-order valence-electron chi connectivity index (χ2n) is 4.15. The first kappa shape index (κ1) is 11.9. The Morgan fingerprint density at radius 3 is 2.71 bits per heavy atom. The second kappa shape index (κ2) is 5.19. The molecule has 1 aliphatic rings. The number of carbonyl (C=O) groups is 1. The largest absolute Gasteiger partial charge is 0.478 e. The first-order chi connectivity index (χ1) is 8.15. The van der Waals surface area contributed by atoms with Crippen LogP contribution in [0.25, 0.3) is 0 Å². The smallest absolute Gasteiger partial charge is 0.328 e. The summed E-state index contributed by atoms with van der Waals surface area (Å²) >= 11 is 5.85. The predicted molar refractivity (Wildman–Crippen MR) is 68.3 cm³/mol. The minimum absolute atomic E-state index is 0.350. The Morgan fingerprint density at radius 1 is 1.35 bits per heavy atom. The van der Waals surface area contributed by atoms with Crippen LogP contribution in [0.4, 0.5) is 0 Å². The Morgan fingerprint density at radius 2 is 2.06 bits per heavy atom. The molecule has 0 saturated heterocycles. The van der Waals surface area contributed by atoms with Gasteiger partial charge >= 0.3 is 5.97 Å². The Kier molecular flexibility index (Phi) is 3.64. The molecule has 2 nitrogen and oxygen atoms in total. The molecular formula is C14H13ClO2. The first-order valence-electron chi connectivity index (χ1n) is 5.50. The van der Waals surface area contributed by atoms with Crippen molar-refractivity contribution in [3.8, 4) is 0 Å². The summed E-state index contributed by atoms with van der Waals surface area (Å²) in [6, 6.07) is 7.75. The fourth-order valence-corrected chi connectivity index (χ4v) is 2.20. The molecule has 17 heavy (non-hydrogen) atoms. The number of halogens is 1. The van der Waals surface area contributed by atoms with Crippen LogP contribution in [0.1, 0.15) is 24.3 Å². The van der Waals surface area contributed by atoms with E-state index < -0.39 is 5.97 Å². The number of rotatable bonds is 2. The summed E-state index contributed by atoms with van der Waals surface area (Å²) < 4.78 is 0. The number of aliphatic carboxylic acids is 1. The van der Waals surface area contributed by atoms with E-state index in [-0.39, 0.29) is 0 Å². The number of carboxylic acids is 1. The summed E-state index contributed by atoms with van der Waals surface area (Å²) in [6.07, 6.45) is 6.90. The van der Waals surface area contributed by atoms with E-state index in [9.17, 15) is 4.79 Å². The highest BCUT2D eigenvalue weighted by Gasteiger charge is 2.15. The van der Waals surface area contributed by atoms with Crippen LogP contribution >= 0.6 is 11.6 Å². The van der Waals surface area contributed by atoms with E-state index in [1.165, 1.54) is 11.6 Å². The van der Waals surface area contributed by atoms with Crippen molar-refractivity contribution in [3.63, 3.8) is 0 Å². The van der Waals surface area contributed by atoms with Gasteiger partial charge in [-0.15, -0.1) is 0 Å². The molecule has 0 aromatic heterocycles. The lowest BCUT2D eigenvalue weighted by Crippen LogP contribution is -2.04. The van der Waals surface area contributed by atoms with Crippen molar-refractivity contribution in [1.82, 2.24) is 0 Å². The zero-order valence-electron chi connectivity index (χ0n) is 9.27. The van der Waals surface area contributed by atoms with Gasteiger partial charge in [-0.05, 0) is 42.0 Å². The summed E-state index contributed by atoms with van der Waals surface area (Å²) in [5.41, 5.74) is 2.07. The standard InChI is InChI=1S/C14H13ClO2/c15-13-6-4-11(5-7-13)12-3-1-2-10(8-12)9-14(16)17/h1-2,4-7,9,12H,3,8H2,(H,16,17). The van der Waals surface area contributed by atoms with Crippen molar-refractivity contribution >= 4 is 17.6 Å². The number of allylic oxidation sites excluding steroid dienone is 3. The molecule has 0 amide bonds. The summed E-state index contributed by atoms with van der Waals surface area (Å²) in [4.78, 5) is 10.6. The molecule has 2 rings (SSSR count). The maximum absolute atomic E-state index is 10.6. The third-order valence-electron chi connectivity index (χ3n) is 2.88. The summed E-state index contributed by atoms with van der Waals surface area (Å²) in [6.45, 7) is 0. The second-order valence-corrected chi connectivity index (χ2v) is 4.58. The molecule has 0 fully saturated rings. The predicted octanol–water partition coefficient (Wildman–Crippen LogP) is 3.78. The molecule has 0 radical (unpaired) electrons. The quantitative estimate of drug-likeness (QED) is 0.809. The van der Waals surface area contributed by atoms with Crippen LogP contribution in [-0.4, -0.2) is 11.1 Å². The monoisotopic (exact) mass is 248 g/mol. The Balaban J connectivity index is 2.17. The highest BCUT2D eigenvalue weighted by Crippen LogP contribution is 2.32. The third kappa shape index (κ3) is 3.21. The van der Waals surface area contributed by atoms with E-state index in [0.717, 1.165) is 23.4 Å². The van der Waals surface area contributed by atoms with Crippen LogP contribution in [0.5, 0.6) is 0 Å². The van der Waals surface area contributed by atoms with Crippen molar-refractivity contribution in [2.24, 2.45) is 0 Å². The Bertz CT molecular complexity index is 472. The summed E-state index contributed by atoms with van der Waals surface area (Å²) in [7, 11) is 0. The summed E-state index contributed by atoms with van der Waals surface area (Å²) in [5, 5.41) is 9.45. The molecule has 0 heterocycles. The lowest BCUT2D eigenvalue weighted by molar-refractivity contribution is -0.131. The van der Waals surface area contributed by atoms with Crippen LogP contribution < -0.4 is 0 Å². The molecule has 0 saturated carbocycles. The van der Waals surface area contributed by atoms with Gasteiger partial charge in [-0.1, -0.05) is 35.9 Å². The zero-order chi connectivity index (χ0) is 12.3. The van der Waals surface area contributed by atoms with Gasteiger partial charge in [0.25, 0.3) is 0 Å². The molecule has 3 heteroatoms. The van der Waals surface area contributed by atoms with Crippen molar-refractivity contribution in [2.75, 3.05) is 0 Å². The maximum atomic E-state index is 10.6. The van der Waals surface area contributed by atoms with Crippen molar-refractivity contribution in [1.29, 1.82) is 0 Å². The minimum atomic E-state index is -0.888. The van der Waals surface area contributed by atoms with Gasteiger partial charge in [-0.2, -0.15) is 0 Å². The highest BCUT2D eigenvalue weighted by atomic mass is 35.5. The Labute approximate surface area is 105 Å².